The normalized spacial score (nSPS) is 21.1. The van der Waals surface area contributed by atoms with Crippen molar-refractivity contribution in [2.45, 2.75) is 13.2 Å². The van der Waals surface area contributed by atoms with Crippen LogP contribution in [0.15, 0.2) is 46.9 Å². The zero-order valence-corrected chi connectivity index (χ0v) is 13.0. The summed E-state index contributed by atoms with van der Waals surface area (Å²) in [6.45, 7) is 1.63. The smallest absolute Gasteiger partial charge is 0.323 e. The fraction of sp³-hybridized carbons (Fsp3) is 0.200. The lowest BCUT2D eigenvalue weighted by molar-refractivity contribution is -0.138. The maximum absolute atomic E-state index is 10.8. The molecule has 1 aliphatic rings. The molecular weight excluding hydrogens is 306 g/mol. The van der Waals surface area contributed by atoms with E-state index in [9.17, 15) is 9.90 Å². The molecule has 0 bridgehead atoms. The first-order valence-corrected chi connectivity index (χ1v) is 7.53. The van der Waals surface area contributed by atoms with Gasteiger partial charge in [0.05, 0.1) is 0 Å². The minimum atomic E-state index is -1.02. The first-order chi connectivity index (χ1) is 9.97. The summed E-state index contributed by atoms with van der Waals surface area (Å²) >= 11 is 6.33. The van der Waals surface area contributed by atoms with Gasteiger partial charge in [-0.05, 0) is 24.1 Å². The number of allylic oxidation sites excluding steroid dienone is 2. The molecule has 21 heavy (non-hydrogen) atoms. The average molecular weight is 321 g/mol. The molecule has 1 atom stereocenters. The lowest BCUT2D eigenvalue weighted by Gasteiger charge is -2.18. The van der Waals surface area contributed by atoms with Gasteiger partial charge < -0.3 is 15.1 Å². The molecule has 6 heteroatoms. The SMILES string of the molecule is CC(=Cc1ccccc1)C=C1SC(=S)N(CC(=O)O)C1O. The van der Waals surface area contributed by atoms with Crippen LogP contribution in [0.2, 0.25) is 0 Å². The molecule has 1 aromatic rings. The van der Waals surface area contributed by atoms with Crippen molar-refractivity contribution in [1.82, 2.24) is 4.90 Å². The molecule has 0 aromatic heterocycles. The van der Waals surface area contributed by atoms with Crippen molar-refractivity contribution in [1.29, 1.82) is 0 Å². The number of aliphatic hydroxyl groups excluding tert-OH is 1. The molecule has 1 unspecified atom stereocenters. The summed E-state index contributed by atoms with van der Waals surface area (Å²) in [6, 6.07) is 9.83. The van der Waals surface area contributed by atoms with Crippen LogP contribution in [0.5, 0.6) is 0 Å². The number of carboxylic acid groups (broad SMARTS) is 1. The molecule has 2 N–H and O–H groups in total. The van der Waals surface area contributed by atoms with Crippen molar-refractivity contribution in [3.05, 3.63) is 52.4 Å². The third kappa shape index (κ3) is 4.17. The van der Waals surface area contributed by atoms with Crippen LogP contribution in [0.1, 0.15) is 12.5 Å². The Labute approximate surface area is 132 Å². The molecular formula is C15H15NO3S2. The molecule has 110 valence electrons. The van der Waals surface area contributed by atoms with E-state index < -0.39 is 12.2 Å². The number of hydrogen-bond acceptors (Lipinski definition) is 4. The topological polar surface area (TPSA) is 60.8 Å². The molecule has 0 spiro atoms. The van der Waals surface area contributed by atoms with Crippen molar-refractivity contribution in [2.75, 3.05) is 6.54 Å². The number of carbonyl (C=O) groups is 1. The largest absolute Gasteiger partial charge is 0.480 e. The van der Waals surface area contributed by atoms with Crippen molar-refractivity contribution in [2.24, 2.45) is 0 Å². The van der Waals surface area contributed by atoms with Gasteiger partial charge in [-0.2, -0.15) is 0 Å². The predicted octanol–water partition coefficient (Wildman–Crippen LogP) is 2.71. The number of rotatable bonds is 4. The first-order valence-electron chi connectivity index (χ1n) is 6.30. The minimum Gasteiger partial charge on any atom is -0.480 e. The summed E-state index contributed by atoms with van der Waals surface area (Å²) in [5, 5.41) is 19.0. The second kappa shape index (κ2) is 6.89. The van der Waals surface area contributed by atoms with E-state index >= 15 is 0 Å². The van der Waals surface area contributed by atoms with Crippen LogP contribution < -0.4 is 0 Å². The molecule has 0 radical (unpaired) electrons. The predicted molar refractivity (Wildman–Crippen MR) is 88.7 cm³/mol. The zero-order valence-electron chi connectivity index (χ0n) is 11.4. The van der Waals surface area contributed by atoms with E-state index in [1.54, 1.807) is 0 Å². The summed E-state index contributed by atoms with van der Waals surface area (Å²) < 4.78 is 0.378. The highest BCUT2D eigenvalue weighted by Crippen LogP contribution is 2.34. The molecule has 2 rings (SSSR count). The van der Waals surface area contributed by atoms with Crippen molar-refractivity contribution in [3.63, 3.8) is 0 Å². The number of benzene rings is 1. The van der Waals surface area contributed by atoms with E-state index in [2.05, 4.69) is 0 Å². The second-order valence-corrected chi connectivity index (χ2v) is 6.32. The van der Waals surface area contributed by atoms with Gasteiger partial charge >= 0.3 is 5.97 Å². The highest BCUT2D eigenvalue weighted by atomic mass is 32.2. The quantitative estimate of drug-likeness (QED) is 0.832. The summed E-state index contributed by atoms with van der Waals surface area (Å²) in [5.41, 5.74) is 2.03. The molecule has 1 aliphatic heterocycles. The van der Waals surface area contributed by atoms with Crippen molar-refractivity contribution < 1.29 is 15.0 Å². The highest BCUT2D eigenvalue weighted by molar-refractivity contribution is 8.25. The van der Waals surface area contributed by atoms with E-state index in [4.69, 9.17) is 17.3 Å². The monoisotopic (exact) mass is 321 g/mol. The fourth-order valence-electron chi connectivity index (χ4n) is 1.94. The summed E-state index contributed by atoms with van der Waals surface area (Å²) in [5.74, 6) is -1.02. The fourth-order valence-corrected chi connectivity index (χ4v) is 3.36. The average Bonchev–Trinajstić information content (AvgIpc) is 2.67. The van der Waals surface area contributed by atoms with Crippen LogP contribution in [0, 0.1) is 0 Å². The Kier molecular flexibility index (Phi) is 5.17. The number of nitrogens with zero attached hydrogens (tertiary/aromatic N) is 1. The van der Waals surface area contributed by atoms with Crippen molar-refractivity contribution >= 4 is 40.3 Å². The van der Waals surface area contributed by atoms with Gasteiger partial charge in [-0.15, -0.1) is 0 Å². The van der Waals surface area contributed by atoms with E-state index in [0.717, 1.165) is 11.1 Å². The molecule has 1 aromatic carbocycles. The second-order valence-electron chi connectivity index (χ2n) is 4.61. The Bertz CT molecular complexity index is 611. The highest BCUT2D eigenvalue weighted by Gasteiger charge is 2.33. The standard InChI is InChI=1S/C15H15NO3S2/c1-10(7-11-5-3-2-4-6-11)8-12-14(19)16(9-13(17)18)15(20)21-12/h2-8,14,19H,9H2,1H3,(H,17,18). The maximum Gasteiger partial charge on any atom is 0.323 e. The van der Waals surface area contributed by atoms with Gasteiger partial charge in [-0.3, -0.25) is 4.79 Å². The van der Waals surface area contributed by atoms with Gasteiger partial charge in [0, 0.05) is 4.91 Å². The Morgan fingerprint density at radius 1 is 1.43 bits per heavy atom. The number of thiocarbonyl (C=S) groups is 1. The van der Waals surface area contributed by atoms with E-state index in [0.29, 0.717) is 9.23 Å². The Morgan fingerprint density at radius 3 is 2.71 bits per heavy atom. The van der Waals surface area contributed by atoms with Crippen LogP contribution in [-0.2, 0) is 4.79 Å². The van der Waals surface area contributed by atoms with Crippen LogP contribution in [0.25, 0.3) is 6.08 Å². The van der Waals surface area contributed by atoms with E-state index in [1.165, 1.54) is 16.7 Å². The van der Waals surface area contributed by atoms with E-state index in [-0.39, 0.29) is 6.54 Å². The van der Waals surface area contributed by atoms with Crippen LogP contribution in [-0.4, -0.2) is 38.2 Å². The van der Waals surface area contributed by atoms with Gasteiger partial charge in [-0.1, -0.05) is 60.4 Å². The summed E-state index contributed by atoms with van der Waals surface area (Å²) in [7, 11) is 0. The van der Waals surface area contributed by atoms with Gasteiger partial charge in [0.15, 0.2) is 6.23 Å². The maximum atomic E-state index is 10.8. The van der Waals surface area contributed by atoms with Gasteiger partial charge in [0.1, 0.15) is 10.9 Å². The van der Waals surface area contributed by atoms with Crippen LogP contribution >= 0.6 is 24.0 Å². The number of thioether (sulfide) groups is 1. The summed E-state index contributed by atoms with van der Waals surface area (Å²) in [4.78, 5) is 12.7. The minimum absolute atomic E-state index is 0.300. The van der Waals surface area contributed by atoms with Gasteiger partial charge in [0.25, 0.3) is 0 Å². The van der Waals surface area contributed by atoms with Crippen LogP contribution in [0.4, 0.5) is 0 Å². The number of aliphatic hydroxyl groups is 1. The Hall–Kier alpha value is -1.63. The molecule has 0 saturated carbocycles. The van der Waals surface area contributed by atoms with Crippen LogP contribution in [0.3, 0.4) is 0 Å². The third-order valence-electron chi connectivity index (χ3n) is 2.86. The van der Waals surface area contributed by atoms with Crippen molar-refractivity contribution in [3.8, 4) is 0 Å². The van der Waals surface area contributed by atoms with Gasteiger partial charge in [-0.25, -0.2) is 0 Å². The molecule has 4 nitrogen and oxygen atoms in total. The molecule has 1 heterocycles. The van der Waals surface area contributed by atoms with E-state index in [1.807, 2.05) is 49.4 Å². The zero-order chi connectivity index (χ0) is 15.4. The number of carboxylic acids is 1. The number of hydrogen-bond donors (Lipinski definition) is 2. The number of aliphatic carboxylic acids is 1. The summed E-state index contributed by atoms with van der Waals surface area (Å²) in [6.07, 6.45) is 2.83. The lowest BCUT2D eigenvalue weighted by atomic mass is 10.1. The third-order valence-corrected chi connectivity index (χ3v) is 4.32. The Balaban J connectivity index is 2.16. The van der Waals surface area contributed by atoms with Gasteiger partial charge in [0.2, 0.25) is 0 Å². The molecule has 0 amide bonds. The molecule has 1 fully saturated rings. The molecule has 1 saturated heterocycles. The molecule has 0 aliphatic carbocycles. The Morgan fingerprint density at radius 2 is 2.10 bits per heavy atom. The lowest BCUT2D eigenvalue weighted by Crippen LogP contribution is -2.36. The first kappa shape index (κ1) is 15.8.